The molecule has 1 atom stereocenters. The third-order valence-corrected chi connectivity index (χ3v) is 3.75. The molecule has 0 bridgehead atoms. The number of benzene rings is 2. The molecule has 22 heavy (non-hydrogen) atoms. The predicted octanol–water partition coefficient (Wildman–Crippen LogP) is 3.32. The zero-order valence-corrected chi connectivity index (χ0v) is 12.8. The Labute approximate surface area is 130 Å². The zero-order chi connectivity index (χ0) is 16.1. The second-order valence-corrected chi connectivity index (χ2v) is 5.37. The van der Waals surface area contributed by atoms with E-state index < -0.39 is 6.03 Å². The summed E-state index contributed by atoms with van der Waals surface area (Å²) < 4.78 is 0. The summed E-state index contributed by atoms with van der Waals surface area (Å²) in [5.41, 5.74) is 8.02. The maximum atomic E-state index is 12.5. The molecule has 2 N–H and O–H groups in total. The minimum Gasteiger partial charge on any atom is -0.351 e. The number of hydrogen-bond acceptors (Lipinski definition) is 2. The van der Waals surface area contributed by atoms with Gasteiger partial charge in [-0.3, -0.25) is 4.79 Å². The average molecular weight is 296 g/mol. The third-order valence-electron chi connectivity index (χ3n) is 3.75. The molecule has 4 nitrogen and oxygen atoms in total. The molecule has 0 aliphatic heterocycles. The Hall–Kier alpha value is -2.62. The van der Waals surface area contributed by atoms with Gasteiger partial charge in [-0.2, -0.15) is 0 Å². The van der Waals surface area contributed by atoms with E-state index >= 15 is 0 Å². The summed E-state index contributed by atoms with van der Waals surface area (Å²) in [5, 5.41) is 0. The van der Waals surface area contributed by atoms with E-state index in [1.807, 2.05) is 61.5 Å². The van der Waals surface area contributed by atoms with Crippen molar-refractivity contribution >= 4 is 11.8 Å². The van der Waals surface area contributed by atoms with Crippen molar-refractivity contribution in [3.63, 3.8) is 0 Å². The number of ketones is 1. The van der Waals surface area contributed by atoms with Gasteiger partial charge in [-0.25, -0.2) is 4.79 Å². The number of nitrogens with zero attached hydrogens (tertiary/aromatic N) is 1. The first-order valence-electron chi connectivity index (χ1n) is 7.16. The van der Waals surface area contributed by atoms with Crippen molar-refractivity contribution in [2.45, 2.75) is 19.4 Å². The van der Waals surface area contributed by atoms with Crippen LogP contribution in [0.25, 0.3) is 0 Å². The molecule has 0 fully saturated rings. The van der Waals surface area contributed by atoms with Gasteiger partial charge in [-0.1, -0.05) is 60.2 Å². The lowest BCUT2D eigenvalue weighted by Gasteiger charge is -2.26. The highest BCUT2D eigenvalue weighted by Gasteiger charge is 2.23. The molecule has 114 valence electrons. The monoisotopic (exact) mass is 296 g/mol. The summed E-state index contributed by atoms with van der Waals surface area (Å²) in [5.74, 6) is -0.0121. The van der Waals surface area contributed by atoms with Gasteiger partial charge in [0, 0.05) is 19.0 Å². The van der Waals surface area contributed by atoms with Crippen molar-refractivity contribution in [3.8, 4) is 0 Å². The number of aryl methyl sites for hydroxylation is 1. The molecule has 0 saturated heterocycles. The number of nitrogens with two attached hydrogens (primary N) is 1. The van der Waals surface area contributed by atoms with Crippen molar-refractivity contribution in [2.24, 2.45) is 5.73 Å². The van der Waals surface area contributed by atoms with Crippen molar-refractivity contribution in [3.05, 3.63) is 71.3 Å². The fourth-order valence-electron chi connectivity index (χ4n) is 2.34. The minimum atomic E-state index is -0.550. The lowest BCUT2D eigenvalue weighted by molar-refractivity contribution is 0.0947. The predicted molar refractivity (Wildman–Crippen MR) is 86.7 cm³/mol. The Balaban J connectivity index is 2.25. The number of rotatable bonds is 5. The van der Waals surface area contributed by atoms with E-state index in [1.54, 1.807) is 7.05 Å². The fourth-order valence-corrected chi connectivity index (χ4v) is 2.34. The smallest absolute Gasteiger partial charge is 0.315 e. The van der Waals surface area contributed by atoms with E-state index in [2.05, 4.69) is 0 Å². The molecule has 0 radical (unpaired) electrons. The summed E-state index contributed by atoms with van der Waals surface area (Å²) in [6.07, 6.45) is 0.201. The Morgan fingerprint density at radius 2 is 1.64 bits per heavy atom. The Morgan fingerprint density at radius 3 is 2.18 bits per heavy atom. The summed E-state index contributed by atoms with van der Waals surface area (Å²) in [6, 6.07) is 16.0. The van der Waals surface area contributed by atoms with Crippen molar-refractivity contribution in [1.29, 1.82) is 0 Å². The lowest BCUT2D eigenvalue weighted by atomic mass is 9.96. The lowest BCUT2D eigenvalue weighted by Crippen LogP contribution is -2.36. The van der Waals surface area contributed by atoms with Crippen LogP contribution in [0.4, 0.5) is 4.79 Å². The van der Waals surface area contributed by atoms with E-state index in [9.17, 15) is 9.59 Å². The summed E-state index contributed by atoms with van der Waals surface area (Å²) >= 11 is 0. The van der Waals surface area contributed by atoms with Gasteiger partial charge in [0.25, 0.3) is 0 Å². The third kappa shape index (κ3) is 3.73. The van der Waals surface area contributed by atoms with Crippen LogP contribution in [0.15, 0.2) is 54.6 Å². The SMILES string of the molecule is Cc1ccc(C(=O)C[C@@H](c2ccccc2)N(C)C(N)=O)cc1. The standard InChI is InChI=1S/C18H20N2O2/c1-13-8-10-15(11-9-13)17(21)12-16(20(2)18(19)22)14-6-4-3-5-7-14/h3-11,16H,12H2,1-2H3,(H2,19,22)/t16-/m0/s1. The van der Waals surface area contributed by atoms with Gasteiger partial charge in [0.15, 0.2) is 5.78 Å². The van der Waals surface area contributed by atoms with Crippen LogP contribution in [0.2, 0.25) is 0 Å². The minimum absolute atomic E-state index is 0.0121. The topological polar surface area (TPSA) is 63.4 Å². The van der Waals surface area contributed by atoms with Crippen LogP contribution in [0.3, 0.4) is 0 Å². The van der Waals surface area contributed by atoms with Gasteiger partial charge in [0.1, 0.15) is 0 Å². The van der Waals surface area contributed by atoms with Gasteiger partial charge in [-0.15, -0.1) is 0 Å². The van der Waals surface area contributed by atoms with Gasteiger partial charge < -0.3 is 10.6 Å². The molecule has 2 amide bonds. The quantitative estimate of drug-likeness (QED) is 0.860. The first-order valence-corrected chi connectivity index (χ1v) is 7.16. The highest BCUT2D eigenvalue weighted by Crippen LogP contribution is 2.24. The first kappa shape index (κ1) is 15.8. The normalized spacial score (nSPS) is 11.7. The van der Waals surface area contributed by atoms with E-state index in [0.717, 1.165) is 11.1 Å². The van der Waals surface area contributed by atoms with Crippen LogP contribution in [0, 0.1) is 6.92 Å². The molecule has 2 aromatic carbocycles. The second kappa shape index (κ2) is 6.89. The van der Waals surface area contributed by atoms with Crippen molar-refractivity contribution < 1.29 is 9.59 Å². The molecule has 2 aromatic rings. The van der Waals surface area contributed by atoms with Crippen LogP contribution < -0.4 is 5.73 Å². The van der Waals surface area contributed by atoms with E-state index in [0.29, 0.717) is 5.56 Å². The van der Waals surface area contributed by atoms with Crippen LogP contribution in [-0.2, 0) is 0 Å². The Morgan fingerprint density at radius 1 is 1.05 bits per heavy atom. The number of carbonyl (C=O) groups excluding carboxylic acids is 2. The van der Waals surface area contributed by atoms with Crippen molar-refractivity contribution in [2.75, 3.05) is 7.05 Å². The van der Waals surface area contributed by atoms with Crippen LogP contribution in [-0.4, -0.2) is 23.8 Å². The van der Waals surface area contributed by atoms with Gasteiger partial charge >= 0.3 is 6.03 Å². The molecule has 0 unspecified atom stereocenters. The summed E-state index contributed by atoms with van der Waals surface area (Å²) in [7, 11) is 1.61. The number of hydrogen-bond donors (Lipinski definition) is 1. The molecular formula is C18H20N2O2. The maximum absolute atomic E-state index is 12.5. The largest absolute Gasteiger partial charge is 0.351 e. The number of Topliss-reactive ketones (excluding diaryl/α,β-unsaturated/α-hetero) is 1. The number of amides is 2. The van der Waals surface area contributed by atoms with E-state index in [-0.39, 0.29) is 18.2 Å². The molecule has 4 heteroatoms. The van der Waals surface area contributed by atoms with Crippen molar-refractivity contribution in [1.82, 2.24) is 4.90 Å². The van der Waals surface area contributed by atoms with Gasteiger partial charge in [-0.05, 0) is 12.5 Å². The first-order chi connectivity index (χ1) is 10.5. The summed E-state index contributed by atoms with van der Waals surface area (Å²) in [6.45, 7) is 1.97. The van der Waals surface area contributed by atoms with E-state index in [4.69, 9.17) is 5.73 Å². The second-order valence-electron chi connectivity index (χ2n) is 5.37. The summed E-state index contributed by atoms with van der Waals surface area (Å²) in [4.78, 5) is 25.4. The van der Waals surface area contributed by atoms with Gasteiger partial charge in [0.2, 0.25) is 0 Å². The number of urea groups is 1. The molecule has 0 heterocycles. The molecule has 2 rings (SSSR count). The fraction of sp³-hybridized carbons (Fsp3) is 0.222. The molecule has 0 aromatic heterocycles. The highest BCUT2D eigenvalue weighted by atomic mass is 16.2. The van der Waals surface area contributed by atoms with E-state index in [1.165, 1.54) is 4.90 Å². The van der Waals surface area contributed by atoms with Crippen LogP contribution in [0.1, 0.15) is 33.9 Å². The van der Waals surface area contributed by atoms with Gasteiger partial charge in [0.05, 0.1) is 6.04 Å². The Bertz CT molecular complexity index is 651. The Kier molecular flexibility index (Phi) is 4.94. The number of primary amides is 1. The molecular weight excluding hydrogens is 276 g/mol. The average Bonchev–Trinajstić information content (AvgIpc) is 2.53. The number of carbonyl (C=O) groups is 2. The molecule has 0 aliphatic carbocycles. The molecule has 0 saturated carbocycles. The molecule has 0 aliphatic rings. The van der Waals surface area contributed by atoms with Crippen LogP contribution >= 0.6 is 0 Å². The molecule has 0 spiro atoms. The zero-order valence-electron chi connectivity index (χ0n) is 12.8. The highest BCUT2D eigenvalue weighted by molar-refractivity contribution is 5.96. The van der Waals surface area contributed by atoms with Crippen LogP contribution in [0.5, 0.6) is 0 Å². The maximum Gasteiger partial charge on any atom is 0.315 e.